The first-order chi connectivity index (χ1) is 11.2. The van der Waals surface area contributed by atoms with Crippen molar-refractivity contribution in [2.24, 2.45) is 0 Å². The van der Waals surface area contributed by atoms with Crippen molar-refractivity contribution in [3.05, 3.63) is 36.7 Å². The summed E-state index contributed by atoms with van der Waals surface area (Å²) in [6.07, 6.45) is 9.80. The lowest BCUT2D eigenvalue weighted by atomic mass is 9.86. The van der Waals surface area contributed by atoms with Gasteiger partial charge in [0.05, 0.1) is 18.9 Å². The maximum absolute atomic E-state index is 13.0. The van der Waals surface area contributed by atoms with Gasteiger partial charge in [-0.3, -0.25) is 14.7 Å². The van der Waals surface area contributed by atoms with Gasteiger partial charge in [0, 0.05) is 31.4 Å². The summed E-state index contributed by atoms with van der Waals surface area (Å²) in [4.78, 5) is 21.5. The number of methoxy groups -OCH3 is 1. The van der Waals surface area contributed by atoms with E-state index in [0.29, 0.717) is 11.3 Å². The largest absolute Gasteiger partial charge is 0.494 e. The van der Waals surface area contributed by atoms with Gasteiger partial charge in [0.15, 0.2) is 0 Å². The molecule has 2 saturated heterocycles. The summed E-state index contributed by atoms with van der Waals surface area (Å²) in [7, 11) is 1.58. The maximum atomic E-state index is 13.0. The predicted molar refractivity (Wildman–Crippen MR) is 89.7 cm³/mol. The molecule has 1 aromatic rings. The summed E-state index contributed by atoms with van der Waals surface area (Å²) >= 11 is 0. The van der Waals surface area contributed by atoms with Crippen molar-refractivity contribution in [2.75, 3.05) is 33.3 Å². The number of hydrogen-bond acceptors (Lipinski definition) is 4. The number of ether oxygens (including phenoxy) is 1. The van der Waals surface area contributed by atoms with Crippen LogP contribution in [0.5, 0.6) is 5.75 Å². The van der Waals surface area contributed by atoms with Crippen LogP contribution in [0.25, 0.3) is 0 Å². The van der Waals surface area contributed by atoms with E-state index in [2.05, 4.69) is 16.5 Å². The fraction of sp³-hybridized carbons (Fsp3) is 0.556. The second-order valence-electron chi connectivity index (χ2n) is 6.47. The third-order valence-corrected chi connectivity index (χ3v) is 5.17. The van der Waals surface area contributed by atoms with Crippen molar-refractivity contribution in [3.8, 4) is 5.75 Å². The summed E-state index contributed by atoms with van der Waals surface area (Å²) in [5, 5.41) is 0. The molecule has 0 aromatic carbocycles. The molecule has 3 rings (SSSR count). The molecule has 0 aliphatic carbocycles. The van der Waals surface area contributed by atoms with Crippen molar-refractivity contribution in [2.45, 2.75) is 31.2 Å². The Balaban J connectivity index is 1.81. The van der Waals surface area contributed by atoms with Crippen LogP contribution >= 0.6 is 0 Å². The number of piperidine rings is 1. The van der Waals surface area contributed by atoms with E-state index >= 15 is 0 Å². The highest BCUT2D eigenvalue weighted by atomic mass is 16.5. The number of carbonyl (C=O) groups is 1. The number of pyridine rings is 1. The zero-order valence-electron chi connectivity index (χ0n) is 13.8. The number of amides is 1. The van der Waals surface area contributed by atoms with Crippen molar-refractivity contribution >= 4 is 5.91 Å². The van der Waals surface area contributed by atoms with Gasteiger partial charge in [-0.15, -0.1) is 6.58 Å². The van der Waals surface area contributed by atoms with E-state index in [4.69, 9.17) is 4.74 Å². The van der Waals surface area contributed by atoms with Gasteiger partial charge in [-0.1, -0.05) is 6.08 Å². The Bertz CT molecular complexity index is 589. The first-order valence-corrected chi connectivity index (χ1v) is 8.33. The zero-order chi connectivity index (χ0) is 16.3. The number of nitrogens with zero attached hydrogens (tertiary/aromatic N) is 3. The third-order valence-electron chi connectivity index (χ3n) is 5.17. The molecule has 1 atom stereocenters. The molecule has 0 radical (unpaired) electrons. The molecular weight excluding hydrogens is 290 g/mol. The van der Waals surface area contributed by atoms with Gasteiger partial charge < -0.3 is 9.64 Å². The summed E-state index contributed by atoms with van der Waals surface area (Å²) in [6.45, 7) is 7.50. The van der Waals surface area contributed by atoms with Crippen molar-refractivity contribution in [1.29, 1.82) is 0 Å². The van der Waals surface area contributed by atoms with Gasteiger partial charge in [-0.05, 0) is 38.3 Å². The highest BCUT2D eigenvalue weighted by molar-refractivity contribution is 5.96. The Labute approximate surface area is 137 Å². The highest BCUT2D eigenvalue weighted by Crippen LogP contribution is 2.37. The van der Waals surface area contributed by atoms with Crippen LogP contribution in [0.4, 0.5) is 0 Å². The Morgan fingerprint density at radius 1 is 1.43 bits per heavy atom. The van der Waals surface area contributed by atoms with Gasteiger partial charge in [-0.2, -0.15) is 0 Å². The average molecular weight is 315 g/mol. The van der Waals surface area contributed by atoms with Gasteiger partial charge in [0.1, 0.15) is 5.75 Å². The summed E-state index contributed by atoms with van der Waals surface area (Å²) in [6, 6.07) is 1.75. The number of hydrogen-bond donors (Lipinski definition) is 0. The lowest BCUT2D eigenvalue weighted by Gasteiger charge is -2.46. The Kier molecular flexibility index (Phi) is 4.66. The van der Waals surface area contributed by atoms with Gasteiger partial charge in [0.25, 0.3) is 5.91 Å². The average Bonchev–Trinajstić information content (AvgIpc) is 2.96. The summed E-state index contributed by atoms with van der Waals surface area (Å²) < 4.78 is 5.30. The zero-order valence-corrected chi connectivity index (χ0v) is 13.8. The van der Waals surface area contributed by atoms with E-state index < -0.39 is 0 Å². The molecule has 5 heteroatoms. The normalized spacial score (nSPS) is 24.8. The lowest BCUT2D eigenvalue weighted by molar-refractivity contribution is 0.0364. The molecular formula is C18H25N3O2. The van der Waals surface area contributed by atoms with Crippen molar-refractivity contribution in [3.63, 3.8) is 0 Å². The highest BCUT2D eigenvalue weighted by Gasteiger charge is 2.44. The first kappa shape index (κ1) is 16.0. The number of rotatable bonds is 4. The van der Waals surface area contributed by atoms with Gasteiger partial charge in [0.2, 0.25) is 0 Å². The molecule has 124 valence electrons. The smallest absolute Gasteiger partial charge is 0.257 e. The quantitative estimate of drug-likeness (QED) is 0.800. The number of aromatic nitrogens is 1. The minimum absolute atomic E-state index is 0.0498. The second kappa shape index (κ2) is 6.71. The maximum Gasteiger partial charge on any atom is 0.257 e. The number of likely N-dealkylation sites (tertiary alicyclic amines) is 2. The fourth-order valence-corrected chi connectivity index (χ4v) is 4.07. The second-order valence-corrected chi connectivity index (χ2v) is 6.47. The fourth-order valence-electron chi connectivity index (χ4n) is 4.07. The third kappa shape index (κ3) is 2.98. The van der Waals surface area contributed by atoms with E-state index in [9.17, 15) is 4.79 Å². The van der Waals surface area contributed by atoms with Crippen LogP contribution in [-0.2, 0) is 0 Å². The molecule has 0 saturated carbocycles. The molecule has 2 fully saturated rings. The van der Waals surface area contributed by atoms with Crippen LogP contribution in [0.3, 0.4) is 0 Å². The molecule has 23 heavy (non-hydrogen) atoms. The summed E-state index contributed by atoms with van der Waals surface area (Å²) in [5.74, 6) is 0.597. The Morgan fingerprint density at radius 3 is 2.96 bits per heavy atom. The van der Waals surface area contributed by atoms with Crippen molar-refractivity contribution < 1.29 is 9.53 Å². The van der Waals surface area contributed by atoms with Crippen molar-refractivity contribution in [1.82, 2.24) is 14.8 Å². The van der Waals surface area contributed by atoms with E-state index in [1.165, 1.54) is 6.42 Å². The standard InChI is InChI=1S/C18H25N3O2/c1-3-10-21-12-5-8-18(21)7-4-11-20(14-18)17(22)15-6-9-19-13-16(15)23-2/h3,6,9,13H,1,4-5,7-8,10-12,14H2,2H3. The molecule has 1 unspecified atom stereocenters. The molecule has 3 heterocycles. The lowest BCUT2D eigenvalue weighted by Crippen LogP contribution is -2.56. The molecule has 1 spiro atoms. The molecule has 0 bridgehead atoms. The van der Waals surface area contributed by atoms with E-state index in [1.807, 2.05) is 11.0 Å². The summed E-state index contributed by atoms with van der Waals surface area (Å²) in [5.41, 5.74) is 0.732. The van der Waals surface area contributed by atoms with E-state index in [1.54, 1.807) is 25.6 Å². The van der Waals surface area contributed by atoms with Crippen LogP contribution in [0, 0.1) is 0 Å². The topological polar surface area (TPSA) is 45.7 Å². The molecule has 2 aliphatic heterocycles. The van der Waals surface area contributed by atoms with Crippen LogP contribution in [0.1, 0.15) is 36.0 Å². The monoisotopic (exact) mass is 315 g/mol. The van der Waals surface area contributed by atoms with E-state index in [-0.39, 0.29) is 11.4 Å². The molecule has 5 nitrogen and oxygen atoms in total. The molecule has 2 aliphatic rings. The minimum Gasteiger partial charge on any atom is -0.494 e. The van der Waals surface area contributed by atoms with Crippen LogP contribution in [-0.4, -0.2) is 59.5 Å². The Morgan fingerprint density at radius 2 is 2.22 bits per heavy atom. The van der Waals surface area contributed by atoms with Gasteiger partial charge in [-0.25, -0.2) is 0 Å². The molecule has 1 aromatic heterocycles. The SMILES string of the molecule is C=CCN1CCCC12CCCN(C(=O)c1ccncc1OC)C2. The van der Waals surface area contributed by atoms with Crippen LogP contribution < -0.4 is 4.74 Å². The minimum atomic E-state index is 0.0498. The molecule has 0 N–H and O–H groups in total. The molecule has 1 amide bonds. The number of carbonyl (C=O) groups excluding carboxylic acids is 1. The van der Waals surface area contributed by atoms with Crippen LogP contribution in [0.2, 0.25) is 0 Å². The van der Waals surface area contributed by atoms with Crippen LogP contribution in [0.15, 0.2) is 31.1 Å². The Hall–Kier alpha value is -1.88. The first-order valence-electron chi connectivity index (χ1n) is 8.33. The predicted octanol–water partition coefficient (Wildman–Crippen LogP) is 2.35. The van der Waals surface area contributed by atoms with Gasteiger partial charge >= 0.3 is 0 Å². The van der Waals surface area contributed by atoms with E-state index in [0.717, 1.165) is 45.4 Å².